The molecule has 0 N–H and O–H groups in total. The van der Waals surface area contributed by atoms with Gasteiger partial charge in [-0.2, -0.15) is 0 Å². The van der Waals surface area contributed by atoms with Crippen LogP contribution in [0.25, 0.3) is 109 Å². The standard InChI is InChI=1S/C50H34N6/c1-27-29(3)55(35-23-33-19-17-31-11-9-21-51-45(31)47(33)53-25-35)49-39-15-7-6-14-38(39)44-42-28(2)30(4)56(50(42)40-16-8-5-13-37(40)43(44)41(27)49)36-24-34-20-18-32-12-10-22-52-46(32)48(34)54-26-36/h5-26H,1-4H3. The van der Waals surface area contributed by atoms with Crippen LogP contribution >= 0.6 is 0 Å². The third-order valence-corrected chi connectivity index (χ3v) is 12.4. The number of hydrogen-bond acceptors (Lipinski definition) is 4. The van der Waals surface area contributed by atoms with Gasteiger partial charge in [-0.1, -0.05) is 84.9 Å². The molecule has 0 unspecified atom stereocenters. The van der Waals surface area contributed by atoms with E-state index in [1.807, 2.05) is 36.9 Å². The van der Waals surface area contributed by atoms with E-state index in [0.29, 0.717) is 0 Å². The molecule has 6 heterocycles. The van der Waals surface area contributed by atoms with Crippen LogP contribution in [0.4, 0.5) is 0 Å². The van der Waals surface area contributed by atoms with Crippen LogP contribution in [0.1, 0.15) is 22.5 Å². The molecule has 0 aliphatic carbocycles. The minimum atomic E-state index is 0.920. The number of aryl methyl sites for hydroxylation is 2. The van der Waals surface area contributed by atoms with Gasteiger partial charge >= 0.3 is 0 Å². The van der Waals surface area contributed by atoms with Crippen LogP contribution in [-0.2, 0) is 0 Å². The summed E-state index contributed by atoms with van der Waals surface area (Å²) in [5, 5.41) is 14.4. The zero-order valence-electron chi connectivity index (χ0n) is 31.4. The monoisotopic (exact) mass is 718 g/mol. The summed E-state index contributed by atoms with van der Waals surface area (Å²) in [5.74, 6) is 0. The molecule has 0 bridgehead atoms. The first-order valence-electron chi connectivity index (χ1n) is 19.1. The van der Waals surface area contributed by atoms with Gasteiger partial charge in [-0.05, 0) is 73.9 Å². The molecule has 6 aromatic carbocycles. The molecule has 0 saturated carbocycles. The molecule has 6 aromatic heterocycles. The van der Waals surface area contributed by atoms with Gasteiger partial charge < -0.3 is 9.13 Å². The van der Waals surface area contributed by atoms with Gasteiger partial charge in [0.2, 0.25) is 0 Å². The van der Waals surface area contributed by atoms with Gasteiger partial charge in [0.1, 0.15) is 0 Å². The van der Waals surface area contributed by atoms with Crippen molar-refractivity contribution in [2.75, 3.05) is 0 Å². The van der Waals surface area contributed by atoms with Gasteiger partial charge in [-0.25, -0.2) is 0 Å². The zero-order valence-corrected chi connectivity index (χ0v) is 31.4. The Balaban J connectivity index is 1.22. The first-order chi connectivity index (χ1) is 27.5. The second kappa shape index (κ2) is 11.2. The van der Waals surface area contributed by atoms with Crippen molar-refractivity contribution in [2.24, 2.45) is 0 Å². The molecule has 0 spiro atoms. The maximum Gasteiger partial charge on any atom is 0.0966 e. The summed E-state index contributed by atoms with van der Waals surface area (Å²) in [6.45, 7) is 9.08. The molecule has 264 valence electrons. The first-order valence-corrected chi connectivity index (χ1v) is 19.1. The molecular weight excluding hydrogens is 685 g/mol. The van der Waals surface area contributed by atoms with E-state index in [0.717, 1.165) is 55.0 Å². The smallest absolute Gasteiger partial charge is 0.0966 e. The molecule has 0 amide bonds. The summed E-state index contributed by atoms with van der Waals surface area (Å²) in [7, 11) is 0. The van der Waals surface area contributed by atoms with Gasteiger partial charge in [-0.3, -0.25) is 19.9 Å². The number of hydrogen-bond donors (Lipinski definition) is 0. The van der Waals surface area contributed by atoms with E-state index in [1.54, 1.807) is 0 Å². The lowest BCUT2D eigenvalue weighted by Crippen LogP contribution is -2.00. The third-order valence-electron chi connectivity index (χ3n) is 12.4. The third kappa shape index (κ3) is 4.00. The molecule has 6 nitrogen and oxygen atoms in total. The van der Waals surface area contributed by atoms with Gasteiger partial charge in [0.25, 0.3) is 0 Å². The molecule has 12 aromatic rings. The van der Waals surface area contributed by atoms with E-state index < -0.39 is 0 Å². The fourth-order valence-corrected chi connectivity index (χ4v) is 9.68. The number of aromatic nitrogens is 6. The van der Waals surface area contributed by atoms with Crippen molar-refractivity contribution < 1.29 is 0 Å². The van der Waals surface area contributed by atoms with Gasteiger partial charge in [-0.15, -0.1) is 0 Å². The van der Waals surface area contributed by atoms with E-state index in [1.165, 1.54) is 76.6 Å². The molecule has 0 saturated heterocycles. The molecule has 0 aliphatic rings. The number of fused-ring (bicyclic) bond motifs is 17. The lowest BCUT2D eigenvalue weighted by Gasteiger charge is -2.17. The first kappa shape index (κ1) is 31.2. The van der Waals surface area contributed by atoms with E-state index in [9.17, 15) is 0 Å². The number of benzene rings is 6. The van der Waals surface area contributed by atoms with Crippen molar-refractivity contribution in [2.45, 2.75) is 27.7 Å². The Hall–Kier alpha value is -7.18. The summed E-state index contributed by atoms with van der Waals surface area (Å²) in [6, 6.07) is 39.2. The Kier molecular flexibility index (Phi) is 6.23. The fourth-order valence-electron chi connectivity index (χ4n) is 9.68. The molecular formula is C50H34N6. The fraction of sp³-hybridized carbons (Fsp3) is 0.0800. The number of pyridine rings is 4. The molecule has 0 aliphatic heterocycles. The maximum atomic E-state index is 5.07. The van der Waals surface area contributed by atoms with Crippen LogP contribution in [0.3, 0.4) is 0 Å². The van der Waals surface area contributed by atoms with Crippen LogP contribution in [0.5, 0.6) is 0 Å². The molecule has 6 heteroatoms. The van der Waals surface area contributed by atoms with Crippen LogP contribution in [-0.4, -0.2) is 29.1 Å². The van der Waals surface area contributed by atoms with Crippen LogP contribution in [0.15, 0.2) is 134 Å². The Morgan fingerprint density at radius 2 is 0.768 bits per heavy atom. The van der Waals surface area contributed by atoms with Crippen molar-refractivity contribution in [3.8, 4) is 11.4 Å². The molecule has 0 fully saturated rings. The van der Waals surface area contributed by atoms with Crippen molar-refractivity contribution in [1.29, 1.82) is 0 Å². The van der Waals surface area contributed by atoms with Crippen molar-refractivity contribution in [3.63, 3.8) is 0 Å². The molecule has 0 atom stereocenters. The summed E-state index contributed by atoms with van der Waals surface area (Å²) in [6.07, 6.45) is 7.73. The van der Waals surface area contributed by atoms with Crippen molar-refractivity contribution >= 4 is 97.7 Å². The minimum Gasteiger partial charge on any atom is -0.311 e. The van der Waals surface area contributed by atoms with E-state index in [2.05, 4.69) is 134 Å². The number of nitrogens with zero attached hydrogens (tertiary/aromatic N) is 6. The Labute approximate surface area is 321 Å². The van der Waals surface area contributed by atoms with Crippen molar-refractivity contribution in [3.05, 3.63) is 156 Å². The summed E-state index contributed by atoms with van der Waals surface area (Å²) >= 11 is 0. The predicted octanol–water partition coefficient (Wildman–Crippen LogP) is 12.5. The van der Waals surface area contributed by atoms with Gasteiger partial charge in [0.15, 0.2) is 0 Å². The van der Waals surface area contributed by atoms with E-state index in [4.69, 9.17) is 19.9 Å². The molecule has 12 rings (SSSR count). The Morgan fingerprint density at radius 3 is 1.21 bits per heavy atom. The highest BCUT2D eigenvalue weighted by Crippen LogP contribution is 2.49. The topological polar surface area (TPSA) is 61.4 Å². The highest BCUT2D eigenvalue weighted by atomic mass is 15.0. The molecule has 56 heavy (non-hydrogen) atoms. The quantitative estimate of drug-likeness (QED) is 0.167. The summed E-state index contributed by atoms with van der Waals surface area (Å²) < 4.78 is 4.87. The average Bonchev–Trinajstić information content (AvgIpc) is 3.67. The predicted molar refractivity (Wildman–Crippen MR) is 233 cm³/mol. The Morgan fingerprint density at radius 1 is 0.375 bits per heavy atom. The van der Waals surface area contributed by atoms with Crippen molar-refractivity contribution in [1.82, 2.24) is 29.1 Å². The minimum absolute atomic E-state index is 0.920. The highest BCUT2D eigenvalue weighted by molar-refractivity contribution is 6.40. The van der Waals surface area contributed by atoms with Crippen LogP contribution in [0.2, 0.25) is 0 Å². The zero-order chi connectivity index (χ0) is 37.4. The summed E-state index contributed by atoms with van der Waals surface area (Å²) in [4.78, 5) is 19.5. The molecule has 0 radical (unpaired) electrons. The van der Waals surface area contributed by atoms with Gasteiger partial charge in [0, 0.05) is 77.6 Å². The van der Waals surface area contributed by atoms with Gasteiger partial charge in [0.05, 0.1) is 56.9 Å². The Bertz CT molecular complexity index is 3460. The second-order valence-corrected chi connectivity index (χ2v) is 15.2. The normalized spacial score (nSPS) is 12.3. The highest BCUT2D eigenvalue weighted by Gasteiger charge is 2.26. The summed E-state index contributed by atoms with van der Waals surface area (Å²) in [5.41, 5.74) is 13.2. The lowest BCUT2D eigenvalue weighted by atomic mass is 9.89. The average molecular weight is 719 g/mol. The van der Waals surface area contributed by atoms with E-state index >= 15 is 0 Å². The maximum absolute atomic E-state index is 5.07. The van der Waals surface area contributed by atoms with E-state index in [-0.39, 0.29) is 0 Å². The number of rotatable bonds is 2. The lowest BCUT2D eigenvalue weighted by molar-refractivity contribution is 1.03. The second-order valence-electron chi connectivity index (χ2n) is 15.2. The SMILES string of the molecule is Cc1c(C)n(-c2cnc3c(ccc4cccnc43)c2)c2c3ccccc3c3c4c(C)c(C)n(-c5cnc6c(ccc7cccnc76)c5)c4c4ccccc4c3c12. The van der Waals surface area contributed by atoms with Crippen LogP contribution < -0.4 is 0 Å². The largest absolute Gasteiger partial charge is 0.311 e. The van der Waals surface area contributed by atoms with Crippen LogP contribution in [0, 0.1) is 27.7 Å².